The first kappa shape index (κ1) is 14.5. The van der Waals surface area contributed by atoms with Gasteiger partial charge in [-0.2, -0.15) is 0 Å². The third kappa shape index (κ3) is 4.37. The monoisotopic (exact) mass is 250 g/mol. The number of para-hydroxylation sites is 1. The lowest BCUT2D eigenvalue weighted by molar-refractivity contribution is -0.123. The van der Waals surface area contributed by atoms with Crippen LogP contribution in [0.1, 0.15) is 19.4 Å². The molecule has 18 heavy (non-hydrogen) atoms. The van der Waals surface area contributed by atoms with Crippen molar-refractivity contribution < 1.29 is 9.53 Å². The fraction of sp³-hybridized carbons (Fsp3) is 0.500. The second-order valence-electron chi connectivity index (χ2n) is 4.67. The zero-order valence-electron chi connectivity index (χ0n) is 11.3. The van der Waals surface area contributed by atoms with Gasteiger partial charge in [0.15, 0.2) is 0 Å². The topological polar surface area (TPSA) is 64.3 Å². The standard InChI is InChI=1S/C14H22N2O2/c1-10(2)13(15)14(17)16-8-9-18-12-7-5-4-6-11(12)3/h4-7,10,13H,8-9,15H2,1-3H3,(H,16,17)/t13-/m0/s1. The number of rotatable bonds is 6. The lowest BCUT2D eigenvalue weighted by Gasteiger charge is -2.15. The number of hydrogen-bond acceptors (Lipinski definition) is 3. The summed E-state index contributed by atoms with van der Waals surface area (Å²) in [6.45, 7) is 6.75. The van der Waals surface area contributed by atoms with Gasteiger partial charge in [0.25, 0.3) is 0 Å². The molecule has 4 heteroatoms. The molecule has 1 aromatic carbocycles. The molecule has 0 unspecified atom stereocenters. The third-order valence-electron chi connectivity index (χ3n) is 2.77. The van der Waals surface area contributed by atoms with Crippen molar-refractivity contribution in [3.63, 3.8) is 0 Å². The number of hydrogen-bond donors (Lipinski definition) is 2. The summed E-state index contributed by atoms with van der Waals surface area (Å²) in [7, 11) is 0. The van der Waals surface area contributed by atoms with Crippen LogP contribution in [-0.2, 0) is 4.79 Å². The molecule has 0 aromatic heterocycles. The fourth-order valence-corrected chi connectivity index (χ4v) is 1.47. The van der Waals surface area contributed by atoms with E-state index in [9.17, 15) is 4.79 Å². The van der Waals surface area contributed by atoms with E-state index in [1.807, 2.05) is 45.0 Å². The van der Waals surface area contributed by atoms with Gasteiger partial charge in [-0.15, -0.1) is 0 Å². The summed E-state index contributed by atoms with van der Waals surface area (Å²) in [5.74, 6) is 0.862. The Morgan fingerprint density at radius 2 is 2.06 bits per heavy atom. The zero-order chi connectivity index (χ0) is 13.5. The van der Waals surface area contributed by atoms with Crippen molar-refractivity contribution in [1.29, 1.82) is 0 Å². The Balaban J connectivity index is 2.27. The number of ether oxygens (including phenoxy) is 1. The third-order valence-corrected chi connectivity index (χ3v) is 2.77. The maximum atomic E-state index is 11.6. The summed E-state index contributed by atoms with van der Waals surface area (Å²) in [6, 6.07) is 7.34. The van der Waals surface area contributed by atoms with Gasteiger partial charge in [0.2, 0.25) is 5.91 Å². The maximum absolute atomic E-state index is 11.6. The minimum Gasteiger partial charge on any atom is -0.491 e. The first-order valence-corrected chi connectivity index (χ1v) is 6.24. The largest absolute Gasteiger partial charge is 0.491 e. The van der Waals surface area contributed by atoms with Crippen LogP contribution in [0, 0.1) is 12.8 Å². The molecule has 1 rings (SSSR count). The van der Waals surface area contributed by atoms with Crippen LogP contribution in [-0.4, -0.2) is 25.1 Å². The number of nitrogens with two attached hydrogens (primary N) is 1. The van der Waals surface area contributed by atoms with Gasteiger partial charge in [0.05, 0.1) is 12.6 Å². The Morgan fingerprint density at radius 3 is 2.67 bits per heavy atom. The van der Waals surface area contributed by atoms with Crippen molar-refractivity contribution in [3.05, 3.63) is 29.8 Å². The molecule has 4 nitrogen and oxygen atoms in total. The van der Waals surface area contributed by atoms with Crippen molar-refractivity contribution in [3.8, 4) is 5.75 Å². The molecule has 0 saturated heterocycles. The number of nitrogens with one attached hydrogen (secondary N) is 1. The molecule has 0 radical (unpaired) electrons. The molecule has 0 aliphatic rings. The quantitative estimate of drug-likeness (QED) is 0.751. The van der Waals surface area contributed by atoms with Crippen molar-refractivity contribution in [1.82, 2.24) is 5.32 Å². The number of amides is 1. The Bertz CT molecular complexity index is 391. The maximum Gasteiger partial charge on any atom is 0.237 e. The van der Waals surface area contributed by atoms with Crippen LogP contribution in [0.4, 0.5) is 0 Å². The minimum atomic E-state index is -0.455. The molecule has 0 heterocycles. The SMILES string of the molecule is Cc1ccccc1OCCNC(=O)[C@@H](N)C(C)C. The predicted molar refractivity (Wildman–Crippen MR) is 72.5 cm³/mol. The lowest BCUT2D eigenvalue weighted by Crippen LogP contribution is -2.45. The Labute approximate surface area is 109 Å². The van der Waals surface area contributed by atoms with Crippen LogP contribution < -0.4 is 15.8 Å². The average Bonchev–Trinajstić information content (AvgIpc) is 2.35. The summed E-state index contributed by atoms with van der Waals surface area (Å²) in [6.07, 6.45) is 0. The predicted octanol–water partition coefficient (Wildman–Crippen LogP) is 1.47. The fourth-order valence-electron chi connectivity index (χ4n) is 1.47. The number of carbonyl (C=O) groups excluding carboxylic acids is 1. The number of carbonyl (C=O) groups is 1. The molecule has 0 aliphatic heterocycles. The van der Waals surface area contributed by atoms with Gasteiger partial charge in [-0.05, 0) is 24.5 Å². The van der Waals surface area contributed by atoms with E-state index in [0.717, 1.165) is 11.3 Å². The summed E-state index contributed by atoms with van der Waals surface area (Å²) in [5.41, 5.74) is 6.81. The molecule has 3 N–H and O–H groups in total. The van der Waals surface area contributed by atoms with Gasteiger partial charge in [-0.1, -0.05) is 32.0 Å². The van der Waals surface area contributed by atoms with Crippen molar-refractivity contribution >= 4 is 5.91 Å². The van der Waals surface area contributed by atoms with Gasteiger partial charge in [0, 0.05) is 0 Å². The summed E-state index contributed by atoms with van der Waals surface area (Å²) in [4.78, 5) is 11.6. The van der Waals surface area contributed by atoms with Gasteiger partial charge in [0.1, 0.15) is 12.4 Å². The smallest absolute Gasteiger partial charge is 0.237 e. The van der Waals surface area contributed by atoms with Crippen LogP contribution in [0.3, 0.4) is 0 Å². The first-order chi connectivity index (χ1) is 8.52. The molecule has 0 spiro atoms. The molecule has 1 atom stereocenters. The highest BCUT2D eigenvalue weighted by atomic mass is 16.5. The van der Waals surface area contributed by atoms with E-state index in [2.05, 4.69) is 5.32 Å². The molecular weight excluding hydrogens is 228 g/mol. The highest BCUT2D eigenvalue weighted by Gasteiger charge is 2.16. The normalized spacial score (nSPS) is 12.3. The Kier molecular flexibility index (Phi) is 5.65. The molecule has 1 aromatic rings. The molecule has 1 amide bonds. The van der Waals surface area contributed by atoms with Gasteiger partial charge in [-0.3, -0.25) is 4.79 Å². The van der Waals surface area contributed by atoms with Crippen LogP contribution >= 0.6 is 0 Å². The molecular formula is C14H22N2O2. The second-order valence-corrected chi connectivity index (χ2v) is 4.67. The Morgan fingerprint density at radius 1 is 1.39 bits per heavy atom. The zero-order valence-corrected chi connectivity index (χ0v) is 11.3. The van der Waals surface area contributed by atoms with Gasteiger partial charge >= 0.3 is 0 Å². The van der Waals surface area contributed by atoms with Crippen LogP contribution in [0.15, 0.2) is 24.3 Å². The van der Waals surface area contributed by atoms with Crippen molar-refractivity contribution in [2.24, 2.45) is 11.7 Å². The van der Waals surface area contributed by atoms with E-state index in [4.69, 9.17) is 10.5 Å². The number of aryl methyl sites for hydroxylation is 1. The highest BCUT2D eigenvalue weighted by Crippen LogP contribution is 2.15. The second kappa shape index (κ2) is 7.01. The molecule has 0 saturated carbocycles. The molecule has 100 valence electrons. The van der Waals surface area contributed by atoms with Crippen molar-refractivity contribution in [2.75, 3.05) is 13.2 Å². The van der Waals surface area contributed by atoms with Crippen molar-refractivity contribution in [2.45, 2.75) is 26.8 Å². The summed E-state index contributed by atoms with van der Waals surface area (Å²) < 4.78 is 5.57. The lowest BCUT2D eigenvalue weighted by atomic mass is 10.1. The molecule has 0 fully saturated rings. The van der Waals surface area contributed by atoms with E-state index in [0.29, 0.717) is 13.2 Å². The van der Waals surface area contributed by atoms with E-state index < -0.39 is 6.04 Å². The minimum absolute atomic E-state index is 0.126. The van der Waals surface area contributed by atoms with Gasteiger partial charge in [-0.25, -0.2) is 0 Å². The van der Waals surface area contributed by atoms with Crippen LogP contribution in [0.2, 0.25) is 0 Å². The molecule has 0 aliphatic carbocycles. The summed E-state index contributed by atoms with van der Waals surface area (Å²) >= 11 is 0. The Hall–Kier alpha value is -1.55. The van der Waals surface area contributed by atoms with Crippen LogP contribution in [0.25, 0.3) is 0 Å². The summed E-state index contributed by atoms with van der Waals surface area (Å²) in [5, 5.41) is 2.76. The van der Waals surface area contributed by atoms with Gasteiger partial charge < -0.3 is 15.8 Å². The van der Waals surface area contributed by atoms with Crippen LogP contribution in [0.5, 0.6) is 5.75 Å². The highest BCUT2D eigenvalue weighted by molar-refractivity contribution is 5.81. The van der Waals surface area contributed by atoms with E-state index in [1.165, 1.54) is 0 Å². The van der Waals surface area contributed by atoms with E-state index in [1.54, 1.807) is 0 Å². The number of benzene rings is 1. The molecule has 0 bridgehead atoms. The average molecular weight is 250 g/mol. The van der Waals surface area contributed by atoms with E-state index in [-0.39, 0.29) is 11.8 Å². The first-order valence-electron chi connectivity index (χ1n) is 6.24. The van der Waals surface area contributed by atoms with E-state index >= 15 is 0 Å².